The number of halogens is 3. The lowest BCUT2D eigenvalue weighted by Crippen LogP contribution is -1.98. The Bertz CT molecular complexity index is 755. The summed E-state index contributed by atoms with van der Waals surface area (Å²) in [4.78, 5) is 0. The van der Waals surface area contributed by atoms with Gasteiger partial charge < -0.3 is 0 Å². The fourth-order valence-corrected chi connectivity index (χ4v) is 3.75. The van der Waals surface area contributed by atoms with Crippen LogP contribution in [0, 0.1) is 0 Å². The summed E-state index contributed by atoms with van der Waals surface area (Å²) in [7, 11) is 0. The first-order valence-electron chi connectivity index (χ1n) is 6.71. The van der Waals surface area contributed by atoms with Gasteiger partial charge in [-0.25, -0.2) is 0 Å². The van der Waals surface area contributed by atoms with Gasteiger partial charge in [-0.3, -0.25) is 0 Å². The minimum Gasteiger partial charge on any atom is -0.117 e. The van der Waals surface area contributed by atoms with E-state index in [1.165, 1.54) is 16.3 Å². The van der Waals surface area contributed by atoms with Crippen LogP contribution in [0.4, 0.5) is 0 Å². The second-order valence-electron chi connectivity index (χ2n) is 4.95. The van der Waals surface area contributed by atoms with E-state index in [1.54, 1.807) is 0 Å². The van der Waals surface area contributed by atoms with Gasteiger partial charge in [0.1, 0.15) is 0 Å². The van der Waals surface area contributed by atoms with Crippen molar-refractivity contribution in [1.29, 1.82) is 0 Å². The molecular formula is C18H13Cl3. The first kappa shape index (κ1) is 14.7. The molecule has 0 aliphatic heterocycles. The molecule has 0 nitrogen and oxygen atoms in total. The summed E-state index contributed by atoms with van der Waals surface area (Å²) in [6.45, 7) is 0. The highest BCUT2D eigenvalue weighted by Gasteiger charge is 2.17. The monoisotopic (exact) mass is 334 g/mol. The first-order chi connectivity index (χ1) is 10.2. The van der Waals surface area contributed by atoms with E-state index in [9.17, 15) is 0 Å². The predicted molar refractivity (Wildman–Crippen MR) is 92.7 cm³/mol. The van der Waals surface area contributed by atoms with Crippen LogP contribution < -0.4 is 0 Å². The Morgan fingerprint density at radius 2 is 1.38 bits per heavy atom. The second-order valence-corrected chi connectivity index (χ2v) is 6.29. The van der Waals surface area contributed by atoms with Crippen LogP contribution in [0.2, 0.25) is 10.0 Å². The van der Waals surface area contributed by atoms with E-state index in [4.69, 9.17) is 34.8 Å². The van der Waals surface area contributed by atoms with E-state index in [-0.39, 0.29) is 5.38 Å². The number of fused-ring (bicyclic) bond motifs is 1. The summed E-state index contributed by atoms with van der Waals surface area (Å²) in [5.74, 6) is 0. The maximum absolute atomic E-state index is 6.58. The van der Waals surface area contributed by atoms with Crippen molar-refractivity contribution in [3.63, 3.8) is 0 Å². The highest BCUT2D eigenvalue weighted by Crippen LogP contribution is 2.37. The van der Waals surface area contributed by atoms with Gasteiger partial charge in [-0.15, -0.1) is 11.6 Å². The number of alkyl halides is 1. The molecule has 0 aromatic heterocycles. The lowest BCUT2D eigenvalue weighted by Gasteiger charge is -2.15. The maximum atomic E-state index is 6.58. The van der Waals surface area contributed by atoms with Gasteiger partial charge in [-0.1, -0.05) is 71.7 Å². The lowest BCUT2D eigenvalue weighted by atomic mass is 9.98. The molecule has 3 heteroatoms. The van der Waals surface area contributed by atoms with Crippen LogP contribution in [0.1, 0.15) is 16.5 Å². The molecule has 0 aliphatic carbocycles. The third kappa shape index (κ3) is 3.03. The van der Waals surface area contributed by atoms with Gasteiger partial charge in [-0.2, -0.15) is 0 Å². The Hall–Kier alpha value is -1.21. The number of hydrogen-bond acceptors (Lipinski definition) is 0. The minimum atomic E-state index is -0.253. The zero-order chi connectivity index (χ0) is 14.8. The SMILES string of the molecule is Clc1cccc(Cl)c1C(Cl)Cc1cccc2ccccc12. The van der Waals surface area contributed by atoms with Crippen LogP contribution in [-0.4, -0.2) is 0 Å². The van der Waals surface area contributed by atoms with E-state index >= 15 is 0 Å². The fraction of sp³-hybridized carbons (Fsp3) is 0.111. The summed E-state index contributed by atoms with van der Waals surface area (Å²) >= 11 is 19.1. The normalized spacial score (nSPS) is 12.5. The van der Waals surface area contributed by atoms with Crippen molar-refractivity contribution in [1.82, 2.24) is 0 Å². The molecule has 0 N–H and O–H groups in total. The van der Waals surface area contributed by atoms with Crippen molar-refractivity contribution in [3.8, 4) is 0 Å². The van der Waals surface area contributed by atoms with Crippen LogP contribution >= 0.6 is 34.8 Å². The van der Waals surface area contributed by atoms with Gasteiger partial charge in [0, 0.05) is 15.6 Å². The molecular weight excluding hydrogens is 323 g/mol. The van der Waals surface area contributed by atoms with E-state index in [0.29, 0.717) is 16.5 Å². The number of hydrogen-bond donors (Lipinski definition) is 0. The Morgan fingerprint density at radius 3 is 2.14 bits per heavy atom. The van der Waals surface area contributed by atoms with Gasteiger partial charge in [0.05, 0.1) is 5.38 Å². The summed E-state index contributed by atoms with van der Waals surface area (Å²) in [5.41, 5.74) is 2.00. The van der Waals surface area contributed by atoms with Crippen molar-refractivity contribution >= 4 is 45.6 Å². The van der Waals surface area contributed by atoms with Crippen molar-refractivity contribution in [2.75, 3.05) is 0 Å². The zero-order valence-corrected chi connectivity index (χ0v) is 13.5. The highest BCUT2D eigenvalue weighted by molar-refractivity contribution is 6.37. The summed E-state index contributed by atoms with van der Waals surface area (Å²) in [5, 5.41) is 3.40. The smallest absolute Gasteiger partial charge is 0.0655 e. The molecule has 3 aromatic rings. The molecule has 3 rings (SSSR count). The molecule has 21 heavy (non-hydrogen) atoms. The molecule has 0 amide bonds. The highest BCUT2D eigenvalue weighted by atomic mass is 35.5. The van der Waals surface area contributed by atoms with E-state index < -0.39 is 0 Å². The third-order valence-corrected chi connectivity index (χ3v) is 4.62. The van der Waals surface area contributed by atoms with Crippen LogP contribution in [-0.2, 0) is 6.42 Å². The molecule has 0 spiro atoms. The molecule has 3 aromatic carbocycles. The van der Waals surface area contributed by atoms with Crippen LogP contribution in [0.5, 0.6) is 0 Å². The Kier molecular flexibility index (Phi) is 4.40. The first-order valence-corrected chi connectivity index (χ1v) is 7.90. The molecule has 1 unspecified atom stereocenters. The number of benzene rings is 3. The van der Waals surface area contributed by atoms with Crippen molar-refractivity contribution < 1.29 is 0 Å². The third-order valence-electron chi connectivity index (χ3n) is 3.59. The maximum Gasteiger partial charge on any atom is 0.0655 e. The molecule has 0 bridgehead atoms. The topological polar surface area (TPSA) is 0 Å². The van der Waals surface area contributed by atoms with Gasteiger partial charge in [-0.05, 0) is 34.9 Å². The van der Waals surface area contributed by atoms with Crippen molar-refractivity contribution in [2.45, 2.75) is 11.8 Å². The van der Waals surface area contributed by atoms with Gasteiger partial charge >= 0.3 is 0 Å². The summed E-state index contributed by atoms with van der Waals surface area (Å²) in [6.07, 6.45) is 0.687. The van der Waals surface area contributed by atoms with Crippen LogP contribution in [0.15, 0.2) is 60.7 Å². The second kappa shape index (κ2) is 6.27. The molecule has 0 radical (unpaired) electrons. The molecule has 106 valence electrons. The van der Waals surface area contributed by atoms with E-state index in [1.807, 2.05) is 30.3 Å². The Morgan fingerprint density at radius 1 is 0.762 bits per heavy atom. The molecule has 1 atom stereocenters. The molecule has 0 heterocycles. The standard InChI is InChI=1S/C18H13Cl3/c19-15-9-4-10-16(20)18(15)17(21)11-13-7-3-6-12-5-1-2-8-14(12)13/h1-10,17H,11H2. The van der Waals surface area contributed by atoms with Gasteiger partial charge in [0.25, 0.3) is 0 Å². The predicted octanol–water partition coefficient (Wildman–Crippen LogP) is 6.67. The minimum absolute atomic E-state index is 0.253. The number of rotatable bonds is 3. The average molecular weight is 336 g/mol. The molecule has 0 fully saturated rings. The molecule has 0 saturated carbocycles. The van der Waals surface area contributed by atoms with Crippen LogP contribution in [0.25, 0.3) is 10.8 Å². The lowest BCUT2D eigenvalue weighted by molar-refractivity contribution is 0.928. The largest absolute Gasteiger partial charge is 0.117 e. The fourth-order valence-electron chi connectivity index (χ4n) is 2.58. The van der Waals surface area contributed by atoms with E-state index in [2.05, 4.69) is 30.3 Å². The van der Waals surface area contributed by atoms with E-state index in [0.717, 1.165) is 5.56 Å². The molecule has 0 aliphatic rings. The van der Waals surface area contributed by atoms with Crippen LogP contribution in [0.3, 0.4) is 0 Å². The Labute approximate surface area is 139 Å². The van der Waals surface area contributed by atoms with Crippen molar-refractivity contribution in [2.24, 2.45) is 0 Å². The van der Waals surface area contributed by atoms with Crippen molar-refractivity contribution in [3.05, 3.63) is 81.8 Å². The average Bonchev–Trinajstić information content (AvgIpc) is 2.47. The zero-order valence-electron chi connectivity index (χ0n) is 11.2. The summed E-state index contributed by atoms with van der Waals surface area (Å²) in [6, 6.07) is 20.0. The Balaban J connectivity index is 1.99. The van der Waals surface area contributed by atoms with Gasteiger partial charge in [0.15, 0.2) is 0 Å². The van der Waals surface area contributed by atoms with Gasteiger partial charge in [0.2, 0.25) is 0 Å². The summed E-state index contributed by atoms with van der Waals surface area (Å²) < 4.78 is 0. The molecule has 0 saturated heterocycles. The quantitative estimate of drug-likeness (QED) is 0.469.